The molecule has 1 aromatic heterocycles. The fourth-order valence-corrected chi connectivity index (χ4v) is 2.46. The van der Waals surface area contributed by atoms with Crippen LogP contribution in [0.15, 0.2) is 30.5 Å². The van der Waals surface area contributed by atoms with E-state index in [1.807, 2.05) is 0 Å². The Bertz CT molecular complexity index is 703. The monoisotopic (exact) mass is 339 g/mol. The lowest BCUT2D eigenvalue weighted by molar-refractivity contribution is -0.0180. The van der Waals surface area contributed by atoms with Gasteiger partial charge in [0.2, 0.25) is 0 Å². The van der Waals surface area contributed by atoms with Crippen LogP contribution in [-0.4, -0.2) is 17.7 Å². The Morgan fingerprint density at radius 2 is 2.18 bits per heavy atom. The number of rotatable bonds is 3. The standard InChI is InChI=1S/C15H11Cl2NO4/c16-12-3-10-6-20-8-22-14(10)11(4-12)7-21-15(19)9-1-2-13(17)18-5-9/h1-5H,6-8H2. The highest BCUT2D eigenvalue weighted by Crippen LogP contribution is 2.32. The second-order valence-corrected chi connectivity index (χ2v) is 5.43. The van der Waals surface area contributed by atoms with Gasteiger partial charge in [-0.1, -0.05) is 23.2 Å². The summed E-state index contributed by atoms with van der Waals surface area (Å²) in [6, 6.07) is 6.55. The van der Waals surface area contributed by atoms with Crippen LogP contribution >= 0.6 is 23.2 Å². The predicted molar refractivity (Wildman–Crippen MR) is 80.1 cm³/mol. The molecule has 2 heterocycles. The zero-order chi connectivity index (χ0) is 15.5. The van der Waals surface area contributed by atoms with E-state index in [0.717, 1.165) is 5.56 Å². The number of fused-ring (bicyclic) bond motifs is 1. The summed E-state index contributed by atoms with van der Waals surface area (Å²) in [6.07, 6.45) is 1.36. The van der Waals surface area contributed by atoms with Crippen LogP contribution in [0.4, 0.5) is 0 Å². The van der Waals surface area contributed by atoms with Crippen LogP contribution in [0.25, 0.3) is 0 Å². The molecule has 2 aromatic rings. The Hall–Kier alpha value is -1.82. The normalized spacial score (nSPS) is 13.2. The largest absolute Gasteiger partial charge is 0.467 e. The summed E-state index contributed by atoms with van der Waals surface area (Å²) in [5.41, 5.74) is 1.85. The van der Waals surface area contributed by atoms with Gasteiger partial charge in [-0.3, -0.25) is 0 Å². The summed E-state index contributed by atoms with van der Waals surface area (Å²) in [5, 5.41) is 0.848. The molecule has 0 bridgehead atoms. The van der Waals surface area contributed by atoms with Gasteiger partial charge in [-0.2, -0.15) is 0 Å². The third-order valence-corrected chi connectivity index (χ3v) is 3.52. The van der Waals surface area contributed by atoms with Gasteiger partial charge in [-0.15, -0.1) is 0 Å². The maximum absolute atomic E-state index is 12.0. The molecule has 3 rings (SSSR count). The third-order valence-electron chi connectivity index (χ3n) is 3.07. The smallest absolute Gasteiger partial charge is 0.340 e. The summed E-state index contributed by atoms with van der Waals surface area (Å²) >= 11 is 11.7. The van der Waals surface area contributed by atoms with E-state index >= 15 is 0 Å². The Morgan fingerprint density at radius 3 is 2.95 bits per heavy atom. The molecule has 0 spiro atoms. The summed E-state index contributed by atoms with van der Waals surface area (Å²) in [6.45, 7) is 0.624. The van der Waals surface area contributed by atoms with Crippen molar-refractivity contribution in [3.05, 3.63) is 57.3 Å². The molecule has 1 aromatic carbocycles. The van der Waals surface area contributed by atoms with Gasteiger partial charge in [0, 0.05) is 22.3 Å². The molecule has 7 heteroatoms. The van der Waals surface area contributed by atoms with Crippen LogP contribution in [-0.2, 0) is 22.7 Å². The van der Waals surface area contributed by atoms with Crippen molar-refractivity contribution in [3.8, 4) is 5.75 Å². The second-order valence-electron chi connectivity index (χ2n) is 4.61. The molecule has 0 saturated carbocycles. The lowest BCUT2D eigenvalue weighted by Crippen LogP contribution is -2.14. The molecule has 0 saturated heterocycles. The first-order valence-electron chi connectivity index (χ1n) is 6.44. The van der Waals surface area contributed by atoms with E-state index in [2.05, 4.69) is 4.98 Å². The molecule has 0 amide bonds. The number of carbonyl (C=O) groups excluding carboxylic acids is 1. The topological polar surface area (TPSA) is 57.7 Å². The number of nitrogens with zero attached hydrogens (tertiary/aromatic N) is 1. The zero-order valence-electron chi connectivity index (χ0n) is 11.3. The molecular formula is C15H11Cl2NO4. The van der Waals surface area contributed by atoms with E-state index < -0.39 is 5.97 Å². The molecule has 1 aliphatic rings. The summed E-state index contributed by atoms with van der Waals surface area (Å²) in [4.78, 5) is 15.8. The molecule has 0 radical (unpaired) electrons. The number of pyridine rings is 1. The number of hydrogen-bond donors (Lipinski definition) is 0. The minimum atomic E-state index is -0.495. The molecule has 0 unspecified atom stereocenters. The molecule has 0 atom stereocenters. The van der Waals surface area contributed by atoms with E-state index in [1.54, 1.807) is 18.2 Å². The van der Waals surface area contributed by atoms with Crippen LogP contribution in [0.5, 0.6) is 5.75 Å². The average molecular weight is 340 g/mol. The number of halogens is 2. The lowest BCUT2D eigenvalue weighted by Gasteiger charge is -2.21. The number of hydrogen-bond acceptors (Lipinski definition) is 5. The first-order valence-corrected chi connectivity index (χ1v) is 7.19. The van der Waals surface area contributed by atoms with Gasteiger partial charge in [-0.05, 0) is 24.3 Å². The van der Waals surface area contributed by atoms with Gasteiger partial charge in [0.1, 0.15) is 17.5 Å². The van der Waals surface area contributed by atoms with E-state index in [9.17, 15) is 4.79 Å². The van der Waals surface area contributed by atoms with Crippen molar-refractivity contribution in [2.75, 3.05) is 6.79 Å². The molecule has 0 N–H and O–H groups in total. The van der Waals surface area contributed by atoms with Crippen molar-refractivity contribution in [3.63, 3.8) is 0 Å². The van der Waals surface area contributed by atoms with E-state index in [-0.39, 0.29) is 13.4 Å². The van der Waals surface area contributed by atoms with Crippen LogP contribution in [0.1, 0.15) is 21.5 Å². The highest BCUT2D eigenvalue weighted by molar-refractivity contribution is 6.30. The number of ether oxygens (including phenoxy) is 3. The van der Waals surface area contributed by atoms with E-state index in [1.165, 1.54) is 12.3 Å². The first-order chi connectivity index (χ1) is 10.6. The number of benzene rings is 1. The molecule has 0 aliphatic carbocycles. The maximum atomic E-state index is 12.0. The van der Waals surface area contributed by atoms with Crippen molar-refractivity contribution in [1.29, 1.82) is 0 Å². The zero-order valence-corrected chi connectivity index (χ0v) is 12.9. The minimum Gasteiger partial charge on any atom is -0.467 e. The molecule has 114 valence electrons. The van der Waals surface area contributed by atoms with Crippen molar-refractivity contribution in [1.82, 2.24) is 4.98 Å². The van der Waals surface area contributed by atoms with Crippen molar-refractivity contribution in [2.24, 2.45) is 0 Å². The van der Waals surface area contributed by atoms with Crippen molar-refractivity contribution in [2.45, 2.75) is 13.2 Å². The van der Waals surface area contributed by atoms with Crippen molar-refractivity contribution < 1.29 is 19.0 Å². The Labute approximate surface area is 136 Å². The quantitative estimate of drug-likeness (QED) is 0.631. The highest BCUT2D eigenvalue weighted by Gasteiger charge is 2.18. The minimum absolute atomic E-state index is 0.0460. The first kappa shape index (κ1) is 15.1. The van der Waals surface area contributed by atoms with Crippen molar-refractivity contribution >= 4 is 29.2 Å². The van der Waals surface area contributed by atoms with E-state index in [4.69, 9.17) is 37.4 Å². The van der Waals surface area contributed by atoms with Gasteiger partial charge in [0.25, 0.3) is 0 Å². The predicted octanol–water partition coefficient (Wildman–Crippen LogP) is 3.61. The average Bonchev–Trinajstić information content (AvgIpc) is 2.52. The Morgan fingerprint density at radius 1 is 1.32 bits per heavy atom. The highest BCUT2D eigenvalue weighted by atomic mass is 35.5. The third kappa shape index (κ3) is 3.32. The fourth-order valence-electron chi connectivity index (χ4n) is 2.09. The van der Waals surface area contributed by atoms with Crippen LogP contribution < -0.4 is 4.74 Å². The number of esters is 1. The van der Waals surface area contributed by atoms with Gasteiger partial charge in [-0.25, -0.2) is 9.78 Å². The summed E-state index contributed by atoms with van der Waals surface area (Å²) < 4.78 is 15.9. The number of carbonyl (C=O) groups is 1. The van der Waals surface area contributed by atoms with Crippen LogP contribution in [0.3, 0.4) is 0 Å². The number of aromatic nitrogens is 1. The second kappa shape index (κ2) is 6.52. The maximum Gasteiger partial charge on any atom is 0.340 e. The molecule has 1 aliphatic heterocycles. The van der Waals surface area contributed by atoms with Gasteiger partial charge in [0.05, 0.1) is 12.2 Å². The van der Waals surface area contributed by atoms with Gasteiger partial charge >= 0.3 is 5.97 Å². The molecule has 22 heavy (non-hydrogen) atoms. The lowest BCUT2D eigenvalue weighted by atomic mass is 10.1. The molecule has 5 nitrogen and oxygen atoms in total. The van der Waals surface area contributed by atoms with Crippen LogP contribution in [0, 0.1) is 0 Å². The Kier molecular flexibility index (Phi) is 4.47. The molecular weight excluding hydrogens is 329 g/mol. The summed E-state index contributed by atoms with van der Waals surface area (Å²) in [7, 11) is 0. The molecule has 0 fully saturated rings. The van der Waals surface area contributed by atoms with Gasteiger partial charge in [0.15, 0.2) is 6.79 Å². The fraction of sp³-hybridized carbons (Fsp3) is 0.200. The SMILES string of the molecule is O=C(OCc1cc(Cl)cc2c1OCOC2)c1ccc(Cl)nc1. The van der Waals surface area contributed by atoms with E-state index in [0.29, 0.717) is 33.7 Å². The Balaban J connectivity index is 1.75. The van der Waals surface area contributed by atoms with Gasteiger partial charge < -0.3 is 14.2 Å². The van der Waals surface area contributed by atoms with Crippen LogP contribution in [0.2, 0.25) is 10.2 Å². The summed E-state index contributed by atoms with van der Waals surface area (Å²) in [5.74, 6) is 0.155.